The topological polar surface area (TPSA) is 37.4 Å². The van der Waals surface area contributed by atoms with Gasteiger partial charge < -0.3 is 0 Å². The number of likely N-dealkylation sites (tertiary alicyclic amines) is 1. The largest absolute Gasteiger partial charge is 0.279 e. The summed E-state index contributed by atoms with van der Waals surface area (Å²) in [5.41, 5.74) is 1.16. The zero-order chi connectivity index (χ0) is 11.5. The van der Waals surface area contributed by atoms with Gasteiger partial charge in [0.1, 0.15) is 0 Å². The van der Waals surface area contributed by atoms with Gasteiger partial charge in [-0.05, 0) is 18.9 Å². The zero-order valence-electron chi connectivity index (χ0n) is 9.35. The average Bonchev–Trinajstić information content (AvgIpc) is 2.60. The van der Waals surface area contributed by atoms with E-state index in [1.807, 2.05) is 37.3 Å². The van der Waals surface area contributed by atoms with Gasteiger partial charge in [-0.2, -0.15) is 0 Å². The molecule has 3 heteroatoms. The van der Waals surface area contributed by atoms with Gasteiger partial charge in [-0.3, -0.25) is 14.5 Å². The van der Waals surface area contributed by atoms with E-state index in [2.05, 4.69) is 0 Å². The minimum Gasteiger partial charge on any atom is -0.279 e. The normalized spacial score (nSPS) is 17.9. The van der Waals surface area contributed by atoms with Crippen LogP contribution in [0.4, 0.5) is 0 Å². The average molecular weight is 217 g/mol. The second kappa shape index (κ2) is 4.47. The summed E-state index contributed by atoms with van der Waals surface area (Å²) in [6.45, 7) is 1.92. The Balaban J connectivity index is 2.06. The highest BCUT2D eigenvalue weighted by Crippen LogP contribution is 2.17. The molecule has 1 fully saturated rings. The van der Waals surface area contributed by atoms with Crippen molar-refractivity contribution in [3.05, 3.63) is 35.9 Å². The quantitative estimate of drug-likeness (QED) is 0.723. The number of carbonyl (C=O) groups excluding carboxylic acids is 2. The monoisotopic (exact) mass is 217 g/mol. The first-order valence-corrected chi connectivity index (χ1v) is 5.57. The van der Waals surface area contributed by atoms with Gasteiger partial charge in [-0.15, -0.1) is 0 Å². The second-order valence-corrected chi connectivity index (χ2v) is 4.20. The Morgan fingerprint density at radius 1 is 1.12 bits per heavy atom. The SMILES string of the molecule is CC(Cc1ccccc1)N1C(=O)CCC1=O. The number of nitrogens with zero attached hydrogens (tertiary/aromatic N) is 1. The van der Waals surface area contributed by atoms with Crippen LogP contribution >= 0.6 is 0 Å². The van der Waals surface area contributed by atoms with E-state index in [-0.39, 0.29) is 17.9 Å². The molecule has 1 heterocycles. The van der Waals surface area contributed by atoms with Gasteiger partial charge in [-0.1, -0.05) is 30.3 Å². The molecular weight excluding hydrogens is 202 g/mol. The summed E-state index contributed by atoms with van der Waals surface area (Å²) in [7, 11) is 0. The number of benzene rings is 1. The van der Waals surface area contributed by atoms with Crippen LogP contribution in [0, 0.1) is 0 Å². The van der Waals surface area contributed by atoms with Gasteiger partial charge in [0.25, 0.3) is 0 Å². The van der Waals surface area contributed by atoms with Gasteiger partial charge in [0, 0.05) is 18.9 Å². The molecule has 1 saturated heterocycles. The molecule has 1 atom stereocenters. The maximum absolute atomic E-state index is 11.5. The van der Waals surface area contributed by atoms with E-state index in [0.717, 1.165) is 12.0 Å². The molecule has 1 aromatic carbocycles. The third-order valence-electron chi connectivity index (χ3n) is 2.90. The summed E-state index contributed by atoms with van der Waals surface area (Å²) in [4.78, 5) is 24.5. The number of imide groups is 1. The van der Waals surface area contributed by atoms with Crippen LogP contribution in [0.3, 0.4) is 0 Å². The molecule has 1 aliphatic heterocycles. The highest BCUT2D eigenvalue weighted by Gasteiger charge is 2.32. The molecule has 3 nitrogen and oxygen atoms in total. The third kappa shape index (κ3) is 2.13. The maximum Gasteiger partial charge on any atom is 0.229 e. The van der Waals surface area contributed by atoms with Crippen molar-refractivity contribution in [1.29, 1.82) is 0 Å². The van der Waals surface area contributed by atoms with Crippen molar-refractivity contribution in [3.8, 4) is 0 Å². The van der Waals surface area contributed by atoms with E-state index in [1.54, 1.807) is 0 Å². The lowest BCUT2D eigenvalue weighted by Crippen LogP contribution is -2.38. The van der Waals surface area contributed by atoms with E-state index in [1.165, 1.54) is 4.90 Å². The van der Waals surface area contributed by atoms with Gasteiger partial charge in [0.15, 0.2) is 0 Å². The van der Waals surface area contributed by atoms with Crippen LogP contribution in [0.5, 0.6) is 0 Å². The second-order valence-electron chi connectivity index (χ2n) is 4.20. The van der Waals surface area contributed by atoms with Crippen LogP contribution < -0.4 is 0 Å². The zero-order valence-corrected chi connectivity index (χ0v) is 9.35. The van der Waals surface area contributed by atoms with Crippen LogP contribution in [0.2, 0.25) is 0 Å². The van der Waals surface area contributed by atoms with Crippen molar-refractivity contribution in [2.24, 2.45) is 0 Å². The summed E-state index contributed by atoms with van der Waals surface area (Å²) in [6.07, 6.45) is 1.48. The lowest BCUT2D eigenvalue weighted by Gasteiger charge is -2.22. The summed E-state index contributed by atoms with van der Waals surface area (Å²) in [6, 6.07) is 9.89. The Hall–Kier alpha value is -1.64. The molecule has 0 aromatic heterocycles. The predicted molar refractivity (Wildman–Crippen MR) is 60.7 cm³/mol. The summed E-state index contributed by atoms with van der Waals surface area (Å²) >= 11 is 0. The minimum absolute atomic E-state index is 0.0339. The van der Waals surface area contributed by atoms with Crippen molar-refractivity contribution in [2.75, 3.05) is 0 Å². The lowest BCUT2D eigenvalue weighted by molar-refractivity contribution is -0.140. The predicted octanol–water partition coefficient (Wildman–Crippen LogP) is 1.77. The van der Waals surface area contributed by atoms with Crippen molar-refractivity contribution < 1.29 is 9.59 Å². The van der Waals surface area contributed by atoms with Crippen LogP contribution in [0.1, 0.15) is 25.3 Å². The van der Waals surface area contributed by atoms with E-state index in [9.17, 15) is 9.59 Å². The molecular formula is C13H15NO2. The first kappa shape index (κ1) is 10.9. The van der Waals surface area contributed by atoms with Crippen LogP contribution in [0.25, 0.3) is 0 Å². The highest BCUT2D eigenvalue weighted by molar-refractivity contribution is 6.02. The summed E-state index contributed by atoms with van der Waals surface area (Å²) < 4.78 is 0. The fraction of sp³-hybridized carbons (Fsp3) is 0.385. The summed E-state index contributed by atoms with van der Waals surface area (Å²) in [5.74, 6) is -0.0677. The van der Waals surface area contributed by atoms with Crippen molar-refractivity contribution in [2.45, 2.75) is 32.2 Å². The number of hydrogen-bond acceptors (Lipinski definition) is 2. The smallest absolute Gasteiger partial charge is 0.229 e. The lowest BCUT2D eigenvalue weighted by atomic mass is 10.1. The van der Waals surface area contributed by atoms with Gasteiger partial charge >= 0.3 is 0 Å². The van der Waals surface area contributed by atoms with E-state index < -0.39 is 0 Å². The molecule has 0 saturated carbocycles. The van der Waals surface area contributed by atoms with E-state index in [4.69, 9.17) is 0 Å². The van der Waals surface area contributed by atoms with Crippen LogP contribution in [-0.4, -0.2) is 22.8 Å². The molecule has 2 amide bonds. The van der Waals surface area contributed by atoms with Gasteiger partial charge in [-0.25, -0.2) is 0 Å². The van der Waals surface area contributed by atoms with E-state index >= 15 is 0 Å². The molecule has 0 bridgehead atoms. The molecule has 0 N–H and O–H groups in total. The molecule has 2 rings (SSSR count). The summed E-state index contributed by atoms with van der Waals surface area (Å²) in [5, 5.41) is 0. The van der Waals surface area contributed by atoms with Crippen molar-refractivity contribution in [1.82, 2.24) is 4.90 Å². The standard InChI is InChI=1S/C13H15NO2/c1-10(9-11-5-3-2-4-6-11)14-12(15)7-8-13(14)16/h2-6,10H,7-9H2,1H3. The first-order chi connectivity index (χ1) is 7.68. The molecule has 0 spiro atoms. The molecule has 1 aliphatic rings. The number of rotatable bonds is 3. The first-order valence-electron chi connectivity index (χ1n) is 5.57. The Labute approximate surface area is 95.1 Å². The van der Waals surface area contributed by atoms with Crippen LogP contribution in [-0.2, 0) is 16.0 Å². The fourth-order valence-electron chi connectivity index (χ4n) is 2.13. The molecule has 0 radical (unpaired) electrons. The van der Waals surface area contributed by atoms with Gasteiger partial charge in [0.05, 0.1) is 0 Å². The van der Waals surface area contributed by atoms with Crippen molar-refractivity contribution >= 4 is 11.8 Å². The maximum atomic E-state index is 11.5. The minimum atomic E-state index is -0.0371. The fourth-order valence-corrected chi connectivity index (χ4v) is 2.13. The van der Waals surface area contributed by atoms with Crippen LogP contribution in [0.15, 0.2) is 30.3 Å². The Morgan fingerprint density at radius 3 is 2.25 bits per heavy atom. The Morgan fingerprint density at radius 2 is 1.69 bits per heavy atom. The highest BCUT2D eigenvalue weighted by atomic mass is 16.2. The molecule has 1 aromatic rings. The van der Waals surface area contributed by atoms with Gasteiger partial charge in [0.2, 0.25) is 11.8 Å². The third-order valence-corrected chi connectivity index (χ3v) is 2.90. The molecule has 0 aliphatic carbocycles. The Kier molecular flexibility index (Phi) is 3.04. The van der Waals surface area contributed by atoms with Crippen molar-refractivity contribution in [3.63, 3.8) is 0 Å². The number of amides is 2. The number of hydrogen-bond donors (Lipinski definition) is 0. The molecule has 16 heavy (non-hydrogen) atoms. The van der Waals surface area contributed by atoms with E-state index in [0.29, 0.717) is 12.8 Å². The Bertz CT molecular complexity index is 384. The molecule has 1 unspecified atom stereocenters. The molecule has 84 valence electrons. The number of carbonyl (C=O) groups is 2.